The molecule has 12 heteroatoms. The average Bonchev–Trinajstić information content (AvgIpc) is 3.20. The van der Waals surface area contributed by atoms with Crippen molar-refractivity contribution in [2.75, 3.05) is 24.3 Å². The monoisotopic (exact) mass is 497 g/mol. The average molecular weight is 498 g/mol. The van der Waals surface area contributed by atoms with E-state index in [1.165, 1.54) is 19.2 Å². The summed E-state index contributed by atoms with van der Waals surface area (Å²) in [5.74, 6) is 0.576. The number of nitrogens with one attached hydrogen (secondary N) is 2. The van der Waals surface area contributed by atoms with Gasteiger partial charge in [0.15, 0.2) is 5.75 Å². The van der Waals surface area contributed by atoms with Gasteiger partial charge >= 0.3 is 0 Å². The molecule has 3 rings (SSSR count). The van der Waals surface area contributed by atoms with Gasteiger partial charge < -0.3 is 20.2 Å². The summed E-state index contributed by atoms with van der Waals surface area (Å²) < 4.78 is 32.0. The van der Waals surface area contributed by atoms with Crippen LogP contribution in [0.1, 0.15) is 37.8 Å². The van der Waals surface area contributed by atoms with Crippen LogP contribution in [-0.2, 0) is 14.9 Å². The van der Waals surface area contributed by atoms with Crippen LogP contribution in [-0.4, -0.2) is 31.6 Å². The third-order valence-corrected chi connectivity index (χ3v) is 7.37. The van der Waals surface area contributed by atoms with Crippen LogP contribution in [0.15, 0.2) is 43.2 Å². The number of hydrogen-bond acceptors (Lipinski definition) is 9. The normalized spacial score (nSPS) is 12.9. The number of phenols is 1. The molecule has 0 saturated heterocycles. The van der Waals surface area contributed by atoms with E-state index in [0.717, 1.165) is 0 Å². The molecular weight excluding hydrogens is 474 g/mol. The predicted octanol–water partition coefficient (Wildman–Crippen LogP) is 3.42. The zero-order valence-corrected chi connectivity index (χ0v) is 20.0. The molecule has 1 heterocycles. The minimum atomic E-state index is -4.31. The van der Waals surface area contributed by atoms with Gasteiger partial charge in [0.1, 0.15) is 27.8 Å². The van der Waals surface area contributed by atoms with Crippen molar-refractivity contribution >= 4 is 38.7 Å². The van der Waals surface area contributed by atoms with E-state index in [-0.39, 0.29) is 34.7 Å². The molecule has 0 aliphatic carbocycles. The van der Waals surface area contributed by atoms with Crippen molar-refractivity contribution in [2.24, 2.45) is 0 Å². The third-order valence-electron chi connectivity index (χ3n) is 5.07. The highest BCUT2D eigenvalue weighted by Crippen LogP contribution is 2.40. The Balaban J connectivity index is 1.98. The highest BCUT2D eigenvalue weighted by atomic mass is 35.5. The number of anilines is 3. The number of aromatic hydroxyl groups is 1. The van der Waals surface area contributed by atoms with E-state index in [1.54, 1.807) is 26.0 Å². The number of hydrogen-bond donors (Lipinski definition) is 3. The molecule has 3 N–H and O–H groups in total. The van der Waals surface area contributed by atoms with Gasteiger partial charge in [-0.3, -0.25) is 14.4 Å². The highest BCUT2D eigenvalue weighted by Gasteiger charge is 2.32. The Kier molecular flexibility index (Phi) is 7.17. The van der Waals surface area contributed by atoms with Crippen LogP contribution in [0, 0.1) is 6.92 Å². The van der Waals surface area contributed by atoms with Gasteiger partial charge in [-0.25, -0.2) is 8.42 Å². The van der Waals surface area contributed by atoms with E-state index in [1.807, 2.05) is 6.92 Å². The second-order valence-corrected chi connectivity index (χ2v) is 9.34. The number of hydroxylamine groups is 1. The number of rotatable bonds is 10. The molecule has 3 aromatic rings. The van der Waals surface area contributed by atoms with Gasteiger partial charge in [0.2, 0.25) is 0 Å². The van der Waals surface area contributed by atoms with Gasteiger partial charge in [-0.15, -0.1) is 0 Å². The highest BCUT2D eigenvalue weighted by molar-refractivity contribution is 7.89. The molecule has 0 bridgehead atoms. The Hall–Kier alpha value is -2.86. The molecule has 33 heavy (non-hydrogen) atoms. The fourth-order valence-corrected chi connectivity index (χ4v) is 5.22. The van der Waals surface area contributed by atoms with Crippen LogP contribution in [0.2, 0.25) is 5.02 Å². The lowest BCUT2D eigenvalue weighted by atomic mass is 10.1. The lowest BCUT2D eigenvalue weighted by Crippen LogP contribution is -2.37. The molecule has 0 amide bonds. The van der Waals surface area contributed by atoms with Crippen LogP contribution in [0.4, 0.5) is 17.1 Å². The molecule has 1 atom stereocenters. The molecule has 0 aliphatic heterocycles. The van der Waals surface area contributed by atoms with E-state index < -0.39 is 31.5 Å². The van der Waals surface area contributed by atoms with Crippen molar-refractivity contribution in [1.82, 2.24) is 4.47 Å². The van der Waals surface area contributed by atoms with Crippen LogP contribution in [0.25, 0.3) is 0 Å². The summed E-state index contributed by atoms with van der Waals surface area (Å²) in [5.41, 5.74) is -1.78. The predicted molar refractivity (Wildman–Crippen MR) is 124 cm³/mol. The summed E-state index contributed by atoms with van der Waals surface area (Å²) in [4.78, 5) is 28.8. The number of benzene rings is 1. The molecule has 10 nitrogen and oxygen atoms in total. The van der Waals surface area contributed by atoms with Crippen molar-refractivity contribution in [3.63, 3.8) is 0 Å². The zero-order chi connectivity index (χ0) is 24.5. The Morgan fingerprint density at radius 2 is 1.82 bits per heavy atom. The largest absolute Gasteiger partial charge is 0.504 e. The first-order chi connectivity index (χ1) is 15.6. The second kappa shape index (κ2) is 9.56. The first-order valence-corrected chi connectivity index (χ1v) is 11.9. The number of nitrogens with zero attached hydrogens (tertiary/aromatic N) is 1. The topological polar surface area (TPSA) is 138 Å². The molecule has 0 fully saturated rings. The summed E-state index contributed by atoms with van der Waals surface area (Å²) >= 11 is 6.06. The second-order valence-electron chi connectivity index (χ2n) is 7.17. The van der Waals surface area contributed by atoms with Gasteiger partial charge in [0.25, 0.3) is 20.9 Å². The smallest absolute Gasteiger partial charge is 0.270 e. The fourth-order valence-electron chi connectivity index (χ4n) is 3.36. The number of halogens is 1. The molecule has 0 aliphatic rings. The third kappa shape index (κ3) is 4.49. The minimum Gasteiger partial charge on any atom is -0.504 e. The van der Waals surface area contributed by atoms with Crippen LogP contribution >= 0.6 is 11.6 Å². The van der Waals surface area contributed by atoms with Crippen molar-refractivity contribution < 1.29 is 22.8 Å². The maximum Gasteiger partial charge on any atom is 0.270 e. The summed E-state index contributed by atoms with van der Waals surface area (Å²) in [6.07, 6.45) is 0.559. The van der Waals surface area contributed by atoms with E-state index in [0.29, 0.717) is 22.4 Å². The molecule has 1 unspecified atom stereocenters. The SMILES string of the molecule is CCC(Nc1c(Nc2ccc(Cl)c(S(=O)(=O)N(CC)OC)c2O)c(=O)c1=O)c1ccc(C)o1. The lowest BCUT2D eigenvalue weighted by Gasteiger charge is -2.22. The van der Waals surface area contributed by atoms with E-state index >= 15 is 0 Å². The van der Waals surface area contributed by atoms with Crippen molar-refractivity contribution in [2.45, 2.75) is 38.1 Å². The Bertz CT molecular complexity index is 1340. The molecule has 2 aromatic carbocycles. The van der Waals surface area contributed by atoms with E-state index in [4.69, 9.17) is 20.9 Å². The van der Waals surface area contributed by atoms with Crippen molar-refractivity contribution in [3.8, 4) is 5.75 Å². The number of phenolic OH excluding ortho intramolecular Hbond substituents is 1. The van der Waals surface area contributed by atoms with E-state index in [9.17, 15) is 23.1 Å². The quantitative estimate of drug-likeness (QED) is 0.218. The van der Waals surface area contributed by atoms with Gasteiger partial charge in [0.05, 0.1) is 23.9 Å². The summed E-state index contributed by atoms with van der Waals surface area (Å²) in [6, 6.07) is 5.73. The van der Waals surface area contributed by atoms with Crippen LogP contribution < -0.4 is 21.5 Å². The van der Waals surface area contributed by atoms with Crippen molar-refractivity contribution in [1.29, 1.82) is 0 Å². The van der Waals surface area contributed by atoms with Crippen LogP contribution in [0.3, 0.4) is 0 Å². The summed E-state index contributed by atoms with van der Waals surface area (Å²) in [5, 5.41) is 16.1. The van der Waals surface area contributed by atoms with Gasteiger partial charge in [0, 0.05) is 6.54 Å². The maximum atomic E-state index is 12.9. The van der Waals surface area contributed by atoms with Gasteiger partial charge in [-0.1, -0.05) is 23.0 Å². The summed E-state index contributed by atoms with van der Waals surface area (Å²) in [6.45, 7) is 5.17. The summed E-state index contributed by atoms with van der Waals surface area (Å²) in [7, 11) is -3.14. The standard InChI is InChI=1S/C21H24ClN3O7S/c1-5-13(15-10-7-11(3)32-15)23-16-17(20(28)19(16)27)24-14-9-8-12(22)21(18(14)26)33(29,30)25(6-2)31-4/h7-10,13,23-24,26H,5-6H2,1-4H3. The molecule has 0 spiro atoms. The lowest BCUT2D eigenvalue weighted by molar-refractivity contribution is -0.0443. The molecule has 0 radical (unpaired) electrons. The minimum absolute atomic E-state index is 0.00624. The van der Waals surface area contributed by atoms with Crippen LogP contribution in [0.5, 0.6) is 5.75 Å². The fraction of sp³-hybridized carbons (Fsp3) is 0.333. The van der Waals surface area contributed by atoms with Crippen molar-refractivity contribution in [3.05, 3.63) is 61.3 Å². The maximum absolute atomic E-state index is 12.9. The number of furan rings is 1. The van der Waals surface area contributed by atoms with E-state index in [2.05, 4.69) is 10.6 Å². The molecular formula is C21H24ClN3O7S. The first-order valence-electron chi connectivity index (χ1n) is 10.1. The number of aryl methyl sites for hydroxylation is 1. The first kappa shape index (κ1) is 24.8. The van der Waals surface area contributed by atoms with Gasteiger partial charge in [-0.05, 0) is 44.5 Å². The molecule has 178 valence electrons. The van der Waals surface area contributed by atoms with Gasteiger partial charge in [-0.2, -0.15) is 0 Å². The Labute approximate surface area is 195 Å². The Morgan fingerprint density at radius 3 is 2.36 bits per heavy atom. The molecule has 1 aromatic heterocycles. The molecule has 0 saturated carbocycles. The Morgan fingerprint density at radius 1 is 1.15 bits per heavy atom. The zero-order valence-electron chi connectivity index (χ0n) is 18.4. The number of sulfonamides is 1.